The highest BCUT2D eigenvalue weighted by atomic mass is 16.3. The minimum atomic E-state index is -0.437. The lowest BCUT2D eigenvalue weighted by Gasteiger charge is -2.05. The molecular formula is C11H18N2O4. The van der Waals surface area contributed by atoms with Crippen LogP contribution in [0.25, 0.3) is 0 Å². The van der Waals surface area contributed by atoms with Gasteiger partial charge in [0.15, 0.2) is 0 Å². The molecule has 0 atom stereocenters. The van der Waals surface area contributed by atoms with Crippen molar-refractivity contribution in [2.75, 3.05) is 26.3 Å². The Bertz CT molecular complexity index is 323. The third-order valence-corrected chi connectivity index (χ3v) is 1.84. The number of carbonyl (C=O) groups is 2. The van der Waals surface area contributed by atoms with E-state index in [2.05, 4.69) is 17.2 Å². The average Bonchev–Trinajstić information content (AvgIpc) is 2.32. The first kappa shape index (κ1) is 15.3. The summed E-state index contributed by atoms with van der Waals surface area (Å²) in [6.45, 7) is 5.05. The summed E-state index contributed by atoms with van der Waals surface area (Å²) in [6, 6.07) is 0. The molecule has 0 aromatic carbocycles. The van der Waals surface area contributed by atoms with Crippen molar-refractivity contribution in [2.45, 2.75) is 6.92 Å². The molecule has 0 aromatic rings. The molecular weight excluding hydrogens is 224 g/mol. The van der Waals surface area contributed by atoms with Crippen molar-refractivity contribution in [3.63, 3.8) is 0 Å². The van der Waals surface area contributed by atoms with Gasteiger partial charge in [0, 0.05) is 24.2 Å². The summed E-state index contributed by atoms with van der Waals surface area (Å²) in [6.07, 6.45) is 1.35. The molecule has 0 saturated heterocycles. The van der Waals surface area contributed by atoms with Gasteiger partial charge >= 0.3 is 0 Å². The van der Waals surface area contributed by atoms with Crippen molar-refractivity contribution in [1.82, 2.24) is 10.6 Å². The summed E-state index contributed by atoms with van der Waals surface area (Å²) < 4.78 is 0. The van der Waals surface area contributed by atoms with E-state index in [9.17, 15) is 9.59 Å². The molecule has 6 heteroatoms. The van der Waals surface area contributed by atoms with Crippen molar-refractivity contribution in [1.29, 1.82) is 0 Å². The van der Waals surface area contributed by atoms with Crippen LogP contribution in [0.5, 0.6) is 0 Å². The van der Waals surface area contributed by atoms with E-state index in [0.717, 1.165) is 0 Å². The highest BCUT2D eigenvalue weighted by Gasteiger charge is 2.07. The van der Waals surface area contributed by atoms with Crippen LogP contribution in [0.3, 0.4) is 0 Å². The van der Waals surface area contributed by atoms with E-state index in [-0.39, 0.29) is 37.8 Å². The fourth-order valence-corrected chi connectivity index (χ4v) is 0.984. The fraction of sp³-hybridized carbons (Fsp3) is 0.455. The third-order valence-electron chi connectivity index (χ3n) is 1.84. The average molecular weight is 242 g/mol. The van der Waals surface area contributed by atoms with Gasteiger partial charge in [-0.3, -0.25) is 9.59 Å². The SMILES string of the molecule is C=C(/C=C(\C)C(=O)NCCO)C(=O)NCCO. The molecule has 0 bridgehead atoms. The molecule has 0 aromatic heterocycles. The lowest BCUT2D eigenvalue weighted by molar-refractivity contribution is -0.117. The summed E-state index contributed by atoms with van der Waals surface area (Å²) >= 11 is 0. The Morgan fingerprint density at radius 1 is 1.12 bits per heavy atom. The molecule has 0 spiro atoms. The Hall–Kier alpha value is -1.66. The number of carbonyl (C=O) groups excluding carboxylic acids is 2. The topological polar surface area (TPSA) is 98.7 Å². The van der Waals surface area contributed by atoms with Gasteiger partial charge in [-0.2, -0.15) is 0 Å². The summed E-state index contributed by atoms with van der Waals surface area (Å²) in [5, 5.41) is 21.9. The molecule has 0 radical (unpaired) electrons. The smallest absolute Gasteiger partial charge is 0.250 e. The van der Waals surface area contributed by atoms with Crippen LogP contribution in [-0.2, 0) is 9.59 Å². The predicted molar refractivity (Wildman–Crippen MR) is 63.1 cm³/mol. The molecule has 4 N–H and O–H groups in total. The van der Waals surface area contributed by atoms with Crippen LogP contribution in [0, 0.1) is 0 Å². The molecule has 96 valence electrons. The first-order valence-corrected chi connectivity index (χ1v) is 5.18. The number of rotatable bonds is 7. The maximum absolute atomic E-state index is 11.4. The van der Waals surface area contributed by atoms with Gasteiger partial charge in [0.25, 0.3) is 5.91 Å². The van der Waals surface area contributed by atoms with Crippen molar-refractivity contribution < 1.29 is 19.8 Å². The zero-order chi connectivity index (χ0) is 13.3. The lowest BCUT2D eigenvalue weighted by atomic mass is 10.1. The minimum Gasteiger partial charge on any atom is -0.395 e. The fourth-order valence-electron chi connectivity index (χ4n) is 0.984. The minimum absolute atomic E-state index is 0.134. The molecule has 0 aliphatic carbocycles. The molecule has 17 heavy (non-hydrogen) atoms. The largest absolute Gasteiger partial charge is 0.395 e. The van der Waals surface area contributed by atoms with Gasteiger partial charge in [0.1, 0.15) is 0 Å². The Kier molecular flexibility index (Phi) is 7.66. The van der Waals surface area contributed by atoms with Gasteiger partial charge in [0.2, 0.25) is 5.91 Å². The van der Waals surface area contributed by atoms with E-state index in [1.165, 1.54) is 13.0 Å². The molecule has 0 fully saturated rings. The summed E-state index contributed by atoms with van der Waals surface area (Å²) in [5.41, 5.74) is 0.456. The van der Waals surface area contributed by atoms with E-state index >= 15 is 0 Å². The second kappa shape index (κ2) is 8.49. The molecule has 2 amide bonds. The van der Waals surface area contributed by atoms with Crippen LogP contribution in [0.4, 0.5) is 0 Å². The Labute approximate surface area is 100 Å². The van der Waals surface area contributed by atoms with Crippen LogP contribution in [0.2, 0.25) is 0 Å². The zero-order valence-corrected chi connectivity index (χ0v) is 9.82. The maximum atomic E-state index is 11.4. The van der Waals surface area contributed by atoms with Crippen LogP contribution >= 0.6 is 0 Å². The maximum Gasteiger partial charge on any atom is 0.250 e. The van der Waals surface area contributed by atoms with E-state index in [4.69, 9.17) is 10.2 Å². The first-order valence-electron chi connectivity index (χ1n) is 5.18. The molecule has 0 heterocycles. The number of hydrogen-bond donors (Lipinski definition) is 4. The standard InChI is InChI=1S/C11H18N2O4/c1-8(10(16)12-3-5-14)7-9(2)11(17)13-4-6-15/h7,14-15H,1,3-6H2,2H3,(H,12,16)(H,13,17)/b9-7+. The van der Waals surface area contributed by atoms with Gasteiger partial charge in [0.05, 0.1) is 13.2 Å². The number of aliphatic hydroxyl groups excluding tert-OH is 2. The van der Waals surface area contributed by atoms with Crippen molar-refractivity contribution >= 4 is 11.8 Å². The lowest BCUT2D eigenvalue weighted by Crippen LogP contribution is -2.29. The van der Waals surface area contributed by atoms with Gasteiger partial charge in [-0.1, -0.05) is 6.58 Å². The van der Waals surface area contributed by atoms with Gasteiger partial charge < -0.3 is 20.8 Å². The summed E-state index contributed by atoms with van der Waals surface area (Å²) in [4.78, 5) is 22.7. The molecule has 0 aliphatic heterocycles. The van der Waals surface area contributed by atoms with Crippen LogP contribution < -0.4 is 10.6 Å². The molecule has 6 nitrogen and oxygen atoms in total. The first-order chi connectivity index (χ1) is 8.02. The highest BCUT2D eigenvalue weighted by Crippen LogP contribution is 2.00. The number of amides is 2. The van der Waals surface area contributed by atoms with E-state index in [1.807, 2.05) is 0 Å². The molecule has 0 aliphatic rings. The molecule has 0 saturated carbocycles. The van der Waals surface area contributed by atoms with Crippen LogP contribution in [0.15, 0.2) is 23.8 Å². The Morgan fingerprint density at radius 2 is 1.59 bits per heavy atom. The highest BCUT2D eigenvalue weighted by molar-refractivity contribution is 5.99. The van der Waals surface area contributed by atoms with E-state index in [0.29, 0.717) is 5.57 Å². The predicted octanol–water partition coefficient (Wildman–Crippen LogP) is -1.29. The second-order valence-electron chi connectivity index (χ2n) is 3.31. The van der Waals surface area contributed by atoms with Crippen LogP contribution in [-0.4, -0.2) is 48.3 Å². The van der Waals surface area contributed by atoms with Crippen molar-refractivity contribution in [2.24, 2.45) is 0 Å². The monoisotopic (exact) mass is 242 g/mol. The van der Waals surface area contributed by atoms with E-state index in [1.54, 1.807) is 0 Å². The van der Waals surface area contributed by atoms with Crippen LogP contribution in [0.1, 0.15) is 6.92 Å². The normalized spacial score (nSPS) is 10.9. The molecule has 0 rings (SSSR count). The Morgan fingerprint density at radius 3 is 2.06 bits per heavy atom. The van der Waals surface area contributed by atoms with Gasteiger partial charge in [-0.25, -0.2) is 0 Å². The summed E-state index contributed by atoms with van der Waals surface area (Å²) in [5.74, 6) is -0.802. The second-order valence-corrected chi connectivity index (χ2v) is 3.31. The van der Waals surface area contributed by atoms with E-state index < -0.39 is 5.91 Å². The Balaban J connectivity index is 4.31. The number of aliphatic hydroxyl groups is 2. The number of hydrogen-bond acceptors (Lipinski definition) is 4. The molecule has 0 unspecified atom stereocenters. The zero-order valence-electron chi connectivity index (χ0n) is 9.82. The number of nitrogens with one attached hydrogen (secondary N) is 2. The summed E-state index contributed by atoms with van der Waals surface area (Å²) in [7, 11) is 0. The third kappa shape index (κ3) is 6.49. The van der Waals surface area contributed by atoms with Gasteiger partial charge in [-0.05, 0) is 13.0 Å². The van der Waals surface area contributed by atoms with Crippen molar-refractivity contribution in [3.05, 3.63) is 23.8 Å². The van der Waals surface area contributed by atoms with Gasteiger partial charge in [-0.15, -0.1) is 0 Å². The van der Waals surface area contributed by atoms with Crippen molar-refractivity contribution in [3.8, 4) is 0 Å². The quantitative estimate of drug-likeness (QED) is 0.329.